The fraction of sp³-hybridized carbons (Fsp3) is 0.143. The van der Waals surface area contributed by atoms with Crippen LogP contribution in [0.1, 0.15) is 32.9 Å². The van der Waals surface area contributed by atoms with Crippen LogP contribution < -0.4 is 5.43 Å². The van der Waals surface area contributed by atoms with Gasteiger partial charge in [-0.3, -0.25) is 4.79 Å². The Morgan fingerprint density at radius 1 is 1.08 bits per heavy atom. The molecule has 0 saturated carbocycles. The minimum atomic E-state index is -0.334. The molecule has 2 aromatic carbocycles. The SMILES string of the molecule is Cc1cccc(-n2c(C)cc(/C=N\NC(=O)c3ccccc3Cl)c2C)c1. The largest absolute Gasteiger partial charge is 0.318 e. The van der Waals surface area contributed by atoms with Gasteiger partial charge in [0.25, 0.3) is 5.91 Å². The Labute approximate surface area is 158 Å². The highest BCUT2D eigenvalue weighted by Gasteiger charge is 2.11. The van der Waals surface area contributed by atoms with Gasteiger partial charge in [-0.15, -0.1) is 0 Å². The Morgan fingerprint density at radius 2 is 1.85 bits per heavy atom. The first kappa shape index (κ1) is 18.0. The van der Waals surface area contributed by atoms with Crippen molar-refractivity contribution < 1.29 is 4.79 Å². The number of nitrogens with zero attached hydrogens (tertiary/aromatic N) is 2. The van der Waals surface area contributed by atoms with Crippen molar-refractivity contribution in [3.05, 3.63) is 87.7 Å². The van der Waals surface area contributed by atoms with Crippen LogP contribution in [0.4, 0.5) is 0 Å². The molecular formula is C21H20ClN3O. The van der Waals surface area contributed by atoms with Crippen LogP contribution >= 0.6 is 11.6 Å². The summed E-state index contributed by atoms with van der Waals surface area (Å²) in [5.74, 6) is -0.334. The van der Waals surface area contributed by atoms with Gasteiger partial charge in [0.2, 0.25) is 0 Å². The summed E-state index contributed by atoms with van der Waals surface area (Å²) in [6, 6.07) is 17.3. The Hall–Kier alpha value is -2.85. The fourth-order valence-electron chi connectivity index (χ4n) is 2.95. The van der Waals surface area contributed by atoms with E-state index in [0.717, 1.165) is 22.6 Å². The number of aromatic nitrogens is 1. The predicted octanol–water partition coefficient (Wildman–Crippen LogP) is 4.82. The zero-order chi connectivity index (χ0) is 18.7. The van der Waals surface area contributed by atoms with E-state index < -0.39 is 0 Å². The highest BCUT2D eigenvalue weighted by molar-refractivity contribution is 6.33. The first-order valence-corrected chi connectivity index (χ1v) is 8.69. The highest BCUT2D eigenvalue weighted by Crippen LogP contribution is 2.20. The maximum atomic E-state index is 12.2. The standard InChI is InChI=1S/C21H20ClN3O/c1-14-7-6-8-18(11-14)25-15(2)12-17(16(25)3)13-23-24-21(26)19-9-4-5-10-20(19)22/h4-13H,1-3H3,(H,24,26)/b23-13-. The molecule has 0 aliphatic carbocycles. The molecule has 0 unspecified atom stereocenters. The van der Waals surface area contributed by atoms with Gasteiger partial charge < -0.3 is 4.57 Å². The lowest BCUT2D eigenvalue weighted by Crippen LogP contribution is -2.18. The van der Waals surface area contributed by atoms with Crippen LogP contribution in [0.2, 0.25) is 5.02 Å². The smallest absolute Gasteiger partial charge is 0.272 e. The maximum Gasteiger partial charge on any atom is 0.272 e. The van der Waals surface area contributed by atoms with Gasteiger partial charge in [-0.2, -0.15) is 5.10 Å². The van der Waals surface area contributed by atoms with Gasteiger partial charge in [-0.25, -0.2) is 5.43 Å². The molecule has 0 spiro atoms. The van der Waals surface area contributed by atoms with E-state index in [-0.39, 0.29) is 5.91 Å². The minimum Gasteiger partial charge on any atom is -0.318 e. The molecule has 0 atom stereocenters. The monoisotopic (exact) mass is 365 g/mol. The van der Waals surface area contributed by atoms with Gasteiger partial charge in [0.05, 0.1) is 16.8 Å². The number of aryl methyl sites for hydroxylation is 2. The molecule has 0 bridgehead atoms. The number of carbonyl (C=O) groups excluding carboxylic acids is 1. The zero-order valence-corrected chi connectivity index (χ0v) is 15.7. The molecule has 3 rings (SSSR count). The van der Waals surface area contributed by atoms with Crippen LogP contribution in [0, 0.1) is 20.8 Å². The van der Waals surface area contributed by atoms with Gasteiger partial charge in [0.15, 0.2) is 0 Å². The molecular weight excluding hydrogens is 346 g/mol. The molecule has 3 aromatic rings. The Kier molecular flexibility index (Phi) is 5.24. The average molecular weight is 366 g/mol. The van der Waals surface area contributed by atoms with Crippen LogP contribution in [0.15, 0.2) is 59.7 Å². The number of nitrogens with one attached hydrogen (secondary N) is 1. The number of hydrogen-bond acceptors (Lipinski definition) is 2. The van der Waals surface area contributed by atoms with Gasteiger partial charge in [-0.1, -0.05) is 35.9 Å². The quantitative estimate of drug-likeness (QED) is 0.523. The van der Waals surface area contributed by atoms with Crippen LogP contribution in [0.5, 0.6) is 0 Å². The molecule has 0 aliphatic heterocycles. The normalized spacial score (nSPS) is 11.1. The number of amides is 1. The summed E-state index contributed by atoms with van der Waals surface area (Å²) in [7, 11) is 0. The first-order chi connectivity index (χ1) is 12.5. The lowest BCUT2D eigenvalue weighted by Gasteiger charge is -2.10. The van der Waals surface area contributed by atoms with Crippen LogP contribution in [0.25, 0.3) is 5.69 Å². The third kappa shape index (κ3) is 3.70. The molecule has 0 radical (unpaired) electrons. The Bertz CT molecular complexity index is 989. The summed E-state index contributed by atoms with van der Waals surface area (Å²) < 4.78 is 2.17. The van der Waals surface area contributed by atoms with E-state index in [1.54, 1.807) is 30.5 Å². The molecule has 1 N–H and O–H groups in total. The third-order valence-electron chi connectivity index (χ3n) is 4.22. The highest BCUT2D eigenvalue weighted by atomic mass is 35.5. The molecule has 5 heteroatoms. The number of carbonyl (C=O) groups is 1. The molecule has 1 aromatic heterocycles. The summed E-state index contributed by atoms with van der Waals surface area (Å²) in [6.45, 7) is 6.16. The second kappa shape index (κ2) is 7.58. The summed E-state index contributed by atoms with van der Waals surface area (Å²) in [5, 5.41) is 4.49. The van der Waals surface area contributed by atoms with Crippen LogP contribution in [0.3, 0.4) is 0 Å². The van der Waals surface area contributed by atoms with Gasteiger partial charge in [0.1, 0.15) is 0 Å². The van der Waals surface area contributed by atoms with E-state index in [1.807, 2.05) is 19.1 Å². The van der Waals surface area contributed by atoms with Crippen molar-refractivity contribution in [1.29, 1.82) is 0 Å². The number of hydrazone groups is 1. The molecule has 0 saturated heterocycles. The van der Waals surface area contributed by atoms with E-state index >= 15 is 0 Å². The van der Waals surface area contributed by atoms with Crippen LogP contribution in [-0.4, -0.2) is 16.7 Å². The molecule has 0 aliphatic rings. The predicted molar refractivity (Wildman–Crippen MR) is 106 cm³/mol. The van der Waals surface area contributed by atoms with E-state index in [9.17, 15) is 4.79 Å². The zero-order valence-electron chi connectivity index (χ0n) is 15.0. The van der Waals surface area contributed by atoms with E-state index in [0.29, 0.717) is 10.6 Å². The molecule has 132 valence electrons. The fourth-order valence-corrected chi connectivity index (χ4v) is 3.17. The van der Waals surface area contributed by atoms with E-state index in [4.69, 9.17) is 11.6 Å². The second-order valence-corrected chi connectivity index (χ2v) is 6.59. The number of halogens is 1. The summed E-state index contributed by atoms with van der Waals surface area (Å²) in [4.78, 5) is 12.2. The van der Waals surface area contributed by atoms with Crippen molar-refractivity contribution >= 4 is 23.7 Å². The van der Waals surface area contributed by atoms with Crippen molar-refractivity contribution in [1.82, 2.24) is 9.99 Å². The molecule has 1 amide bonds. The van der Waals surface area contributed by atoms with Crippen LogP contribution in [-0.2, 0) is 0 Å². The summed E-state index contributed by atoms with van der Waals surface area (Å²) in [6.07, 6.45) is 1.66. The molecule has 26 heavy (non-hydrogen) atoms. The summed E-state index contributed by atoms with van der Waals surface area (Å²) in [5.41, 5.74) is 8.36. The first-order valence-electron chi connectivity index (χ1n) is 8.31. The molecule has 1 heterocycles. The average Bonchev–Trinajstić information content (AvgIpc) is 2.89. The van der Waals surface area contributed by atoms with Gasteiger partial charge in [-0.05, 0) is 56.7 Å². The van der Waals surface area contributed by atoms with Crippen molar-refractivity contribution in [3.8, 4) is 5.69 Å². The molecule has 4 nitrogen and oxygen atoms in total. The lowest BCUT2D eigenvalue weighted by atomic mass is 10.2. The Morgan fingerprint density at radius 3 is 2.58 bits per heavy atom. The number of hydrogen-bond donors (Lipinski definition) is 1. The van der Waals surface area contributed by atoms with E-state index in [1.165, 1.54) is 5.56 Å². The molecule has 0 fully saturated rings. The van der Waals surface area contributed by atoms with Crippen molar-refractivity contribution in [2.45, 2.75) is 20.8 Å². The summed E-state index contributed by atoms with van der Waals surface area (Å²) >= 11 is 6.03. The van der Waals surface area contributed by atoms with Crippen molar-refractivity contribution in [2.75, 3.05) is 0 Å². The third-order valence-corrected chi connectivity index (χ3v) is 4.55. The topological polar surface area (TPSA) is 46.4 Å². The van der Waals surface area contributed by atoms with E-state index in [2.05, 4.69) is 47.1 Å². The lowest BCUT2D eigenvalue weighted by molar-refractivity contribution is 0.0955. The van der Waals surface area contributed by atoms with Crippen molar-refractivity contribution in [2.24, 2.45) is 5.10 Å². The van der Waals surface area contributed by atoms with Gasteiger partial charge in [0, 0.05) is 22.6 Å². The van der Waals surface area contributed by atoms with Crippen molar-refractivity contribution in [3.63, 3.8) is 0 Å². The number of rotatable bonds is 4. The second-order valence-electron chi connectivity index (χ2n) is 6.18. The van der Waals surface area contributed by atoms with Gasteiger partial charge >= 0.3 is 0 Å². The maximum absolute atomic E-state index is 12.2. The minimum absolute atomic E-state index is 0.334. The number of benzene rings is 2. The Balaban J connectivity index is 1.81.